The topological polar surface area (TPSA) is 89.7 Å². The number of hydrogen-bond donors (Lipinski definition) is 1. The van der Waals surface area contributed by atoms with Crippen molar-refractivity contribution in [2.24, 2.45) is 0 Å². The van der Waals surface area contributed by atoms with Gasteiger partial charge in [0.15, 0.2) is 0 Å². The Morgan fingerprint density at radius 2 is 2.09 bits per heavy atom. The molecule has 2 rings (SSSR count). The SMILES string of the molecule is O=C(O)C=Cc1ccc(OCc2cccc([N+](=O)[O-])c2)c(Cl)c1. The van der Waals surface area contributed by atoms with E-state index in [1.54, 1.807) is 30.3 Å². The molecule has 0 saturated heterocycles. The quantitative estimate of drug-likeness (QED) is 0.491. The maximum Gasteiger partial charge on any atom is 0.328 e. The Morgan fingerprint density at radius 1 is 1.30 bits per heavy atom. The Morgan fingerprint density at radius 3 is 2.74 bits per heavy atom. The van der Waals surface area contributed by atoms with Crippen molar-refractivity contribution in [1.29, 1.82) is 0 Å². The highest BCUT2D eigenvalue weighted by atomic mass is 35.5. The van der Waals surface area contributed by atoms with Crippen LogP contribution in [0.2, 0.25) is 5.02 Å². The van der Waals surface area contributed by atoms with Crippen LogP contribution >= 0.6 is 11.6 Å². The lowest BCUT2D eigenvalue weighted by molar-refractivity contribution is -0.384. The second-order valence-electron chi connectivity index (χ2n) is 4.58. The maximum absolute atomic E-state index is 10.7. The molecule has 0 aliphatic heterocycles. The molecule has 0 aromatic heterocycles. The van der Waals surface area contributed by atoms with Crippen LogP contribution in [0, 0.1) is 10.1 Å². The molecular formula is C16H12ClNO5. The lowest BCUT2D eigenvalue weighted by Crippen LogP contribution is -1.97. The van der Waals surface area contributed by atoms with Crippen molar-refractivity contribution in [1.82, 2.24) is 0 Å². The molecule has 7 heteroatoms. The van der Waals surface area contributed by atoms with Gasteiger partial charge in [-0.1, -0.05) is 29.8 Å². The van der Waals surface area contributed by atoms with Crippen molar-refractivity contribution in [3.8, 4) is 5.75 Å². The predicted octanol–water partition coefficient (Wildman–Crippen LogP) is 3.93. The van der Waals surface area contributed by atoms with Crippen molar-refractivity contribution in [2.75, 3.05) is 0 Å². The number of nitro groups is 1. The first kappa shape index (κ1) is 16.5. The monoisotopic (exact) mass is 333 g/mol. The molecule has 0 atom stereocenters. The number of ether oxygens (including phenoxy) is 1. The molecular weight excluding hydrogens is 322 g/mol. The summed E-state index contributed by atoms with van der Waals surface area (Å²) in [6, 6.07) is 11.0. The Balaban J connectivity index is 2.07. The van der Waals surface area contributed by atoms with Gasteiger partial charge in [-0.3, -0.25) is 10.1 Å². The fourth-order valence-electron chi connectivity index (χ4n) is 1.83. The number of rotatable bonds is 6. The van der Waals surface area contributed by atoms with Crippen LogP contribution in [0.5, 0.6) is 5.75 Å². The minimum absolute atomic E-state index is 0.00801. The number of benzene rings is 2. The number of carboxylic acid groups (broad SMARTS) is 1. The molecule has 1 N–H and O–H groups in total. The lowest BCUT2D eigenvalue weighted by Gasteiger charge is -2.08. The molecule has 0 aliphatic carbocycles. The molecule has 0 heterocycles. The van der Waals surface area contributed by atoms with Crippen LogP contribution in [0.15, 0.2) is 48.5 Å². The standard InChI is InChI=1S/C16H12ClNO5/c17-14-9-11(5-7-16(19)20)4-6-15(14)23-10-12-2-1-3-13(8-12)18(21)22/h1-9H,10H2,(H,19,20). The summed E-state index contributed by atoms with van der Waals surface area (Å²) in [6.45, 7) is 0.131. The molecule has 118 valence electrons. The normalized spacial score (nSPS) is 10.7. The van der Waals surface area contributed by atoms with E-state index in [4.69, 9.17) is 21.4 Å². The van der Waals surface area contributed by atoms with E-state index in [0.717, 1.165) is 6.08 Å². The molecule has 0 fully saturated rings. The molecule has 6 nitrogen and oxygen atoms in total. The van der Waals surface area contributed by atoms with Gasteiger partial charge >= 0.3 is 5.97 Å². The minimum Gasteiger partial charge on any atom is -0.487 e. The first-order valence-electron chi connectivity index (χ1n) is 6.52. The minimum atomic E-state index is -1.05. The van der Waals surface area contributed by atoms with Gasteiger partial charge in [0.1, 0.15) is 12.4 Å². The molecule has 0 radical (unpaired) electrons. The Kier molecular flexibility index (Phi) is 5.32. The van der Waals surface area contributed by atoms with E-state index in [1.165, 1.54) is 18.2 Å². The first-order valence-corrected chi connectivity index (χ1v) is 6.90. The van der Waals surface area contributed by atoms with Gasteiger partial charge < -0.3 is 9.84 Å². The number of carboxylic acids is 1. The van der Waals surface area contributed by atoms with Crippen molar-refractivity contribution in [2.45, 2.75) is 6.61 Å². The van der Waals surface area contributed by atoms with Crippen LogP contribution < -0.4 is 4.74 Å². The van der Waals surface area contributed by atoms with Gasteiger partial charge in [0, 0.05) is 18.2 Å². The van der Waals surface area contributed by atoms with Crippen molar-refractivity contribution < 1.29 is 19.6 Å². The smallest absolute Gasteiger partial charge is 0.328 e. The molecule has 0 bridgehead atoms. The average Bonchev–Trinajstić information content (AvgIpc) is 2.52. The Hall–Kier alpha value is -2.86. The summed E-state index contributed by atoms with van der Waals surface area (Å²) in [6.07, 6.45) is 2.42. The summed E-state index contributed by atoms with van der Waals surface area (Å²) < 4.78 is 5.54. The van der Waals surface area contributed by atoms with Crippen LogP contribution in [0.1, 0.15) is 11.1 Å². The van der Waals surface area contributed by atoms with Crippen molar-refractivity contribution >= 4 is 29.3 Å². The number of halogens is 1. The summed E-state index contributed by atoms with van der Waals surface area (Å²) >= 11 is 6.08. The predicted molar refractivity (Wildman–Crippen MR) is 85.6 cm³/mol. The number of carbonyl (C=O) groups is 1. The number of non-ortho nitro benzene ring substituents is 1. The van der Waals surface area contributed by atoms with Crippen LogP contribution in [-0.4, -0.2) is 16.0 Å². The van der Waals surface area contributed by atoms with Gasteiger partial charge in [-0.05, 0) is 29.3 Å². The zero-order valence-electron chi connectivity index (χ0n) is 11.8. The first-order chi connectivity index (χ1) is 11.0. The number of hydrogen-bond acceptors (Lipinski definition) is 4. The molecule has 0 amide bonds. The van der Waals surface area contributed by atoms with Gasteiger partial charge in [0.2, 0.25) is 0 Å². The molecule has 0 spiro atoms. The molecule has 0 aliphatic rings. The third kappa shape index (κ3) is 4.82. The molecule has 0 saturated carbocycles. The highest BCUT2D eigenvalue weighted by Crippen LogP contribution is 2.27. The van der Waals surface area contributed by atoms with Gasteiger partial charge in [-0.25, -0.2) is 4.79 Å². The highest BCUT2D eigenvalue weighted by molar-refractivity contribution is 6.32. The van der Waals surface area contributed by atoms with Gasteiger partial charge in [-0.15, -0.1) is 0 Å². The molecule has 23 heavy (non-hydrogen) atoms. The Bertz CT molecular complexity index is 773. The molecule has 2 aromatic carbocycles. The highest BCUT2D eigenvalue weighted by Gasteiger charge is 2.07. The Labute approximate surface area is 136 Å². The van der Waals surface area contributed by atoms with Crippen LogP contribution in [-0.2, 0) is 11.4 Å². The van der Waals surface area contributed by atoms with E-state index in [-0.39, 0.29) is 12.3 Å². The summed E-state index contributed by atoms with van der Waals surface area (Å²) in [7, 11) is 0. The van der Waals surface area contributed by atoms with E-state index < -0.39 is 10.9 Å². The van der Waals surface area contributed by atoms with Gasteiger partial charge in [0.25, 0.3) is 5.69 Å². The number of nitrogens with zero attached hydrogens (tertiary/aromatic N) is 1. The van der Waals surface area contributed by atoms with Crippen molar-refractivity contribution in [3.05, 3.63) is 74.8 Å². The summed E-state index contributed by atoms with van der Waals surface area (Å²) in [4.78, 5) is 20.7. The zero-order chi connectivity index (χ0) is 16.8. The fraction of sp³-hybridized carbons (Fsp3) is 0.0625. The van der Waals surface area contributed by atoms with E-state index in [2.05, 4.69) is 0 Å². The molecule has 2 aromatic rings. The van der Waals surface area contributed by atoms with Crippen molar-refractivity contribution in [3.63, 3.8) is 0 Å². The van der Waals surface area contributed by atoms with Gasteiger partial charge in [-0.2, -0.15) is 0 Å². The summed E-state index contributed by atoms with van der Waals surface area (Å²) in [5.74, 6) is -0.641. The lowest BCUT2D eigenvalue weighted by atomic mass is 10.2. The number of aliphatic carboxylic acids is 1. The third-order valence-electron chi connectivity index (χ3n) is 2.89. The second-order valence-corrected chi connectivity index (χ2v) is 4.98. The molecule has 0 unspecified atom stereocenters. The summed E-state index contributed by atoms with van der Waals surface area (Å²) in [5, 5.41) is 19.6. The van der Waals surface area contributed by atoms with E-state index in [1.807, 2.05) is 0 Å². The second kappa shape index (κ2) is 7.42. The van der Waals surface area contributed by atoms with E-state index in [9.17, 15) is 14.9 Å². The van der Waals surface area contributed by atoms with Crippen LogP contribution in [0.25, 0.3) is 6.08 Å². The van der Waals surface area contributed by atoms with E-state index >= 15 is 0 Å². The zero-order valence-corrected chi connectivity index (χ0v) is 12.6. The van der Waals surface area contributed by atoms with E-state index in [0.29, 0.717) is 21.9 Å². The number of nitro benzene ring substituents is 1. The third-order valence-corrected chi connectivity index (χ3v) is 3.19. The fourth-order valence-corrected chi connectivity index (χ4v) is 2.07. The van der Waals surface area contributed by atoms with Crippen LogP contribution in [0.3, 0.4) is 0 Å². The van der Waals surface area contributed by atoms with Gasteiger partial charge in [0.05, 0.1) is 9.95 Å². The van der Waals surface area contributed by atoms with Crippen LogP contribution in [0.4, 0.5) is 5.69 Å². The maximum atomic E-state index is 10.7. The largest absolute Gasteiger partial charge is 0.487 e. The average molecular weight is 334 g/mol. The summed E-state index contributed by atoms with van der Waals surface area (Å²) in [5.41, 5.74) is 1.26.